The predicted molar refractivity (Wildman–Crippen MR) is 45.4 cm³/mol. The van der Waals surface area contributed by atoms with Gasteiger partial charge in [0.05, 0.1) is 0 Å². The van der Waals surface area contributed by atoms with Crippen LogP contribution in [0.25, 0.3) is 0 Å². The van der Waals surface area contributed by atoms with Gasteiger partial charge in [0, 0.05) is 37.1 Å². The van der Waals surface area contributed by atoms with Crippen LogP contribution in [0.3, 0.4) is 0 Å². The quantitative estimate of drug-likeness (QED) is 0.401. The van der Waals surface area contributed by atoms with Gasteiger partial charge in [-0.25, -0.2) is 0 Å². The second-order valence-electron chi connectivity index (χ2n) is 2.15. The van der Waals surface area contributed by atoms with Crippen molar-refractivity contribution in [2.45, 2.75) is 0 Å². The maximum atomic E-state index is 2.96. The molecule has 2 radical (unpaired) electrons. The molecule has 0 aliphatic heterocycles. The molecular weight excluding hydrogens is 214 g/mol. The van der Waals surface area contributed by atoms with Crippen molar-refractivity contribution in [3.05, 3.63) is 30.3 Å². The predicted octanol–water partition coefficient (Wildman–Crippen LogP) is -1.82. The van der Waals surface area contributed by atoms with Gasteiger partial charge in [0.15, 0.2) is 0 Å². The lowest BCUT2D eigenvalue weighted by Crippen LogP contribution is -3.00. The summed E-state index contributed by atoms with van der Waals surface area (Å²) in [5.74, 6) is 0. The van der Waals surface area contributed by atoms with Crippen molar-refractivity contribution in [1.29, 1.82) is 0 Å². The fraction of sp³-hybridized carbons (Fsp3) is 0.250. The minimum absolute atomic E-state index is 0. The zero-order valence-electron chi connectivity index (χ0n) is 6.84. The third-order valence-electron chi connectivity index (χ3n) is 1.22. The highest BCUT2D eigenvalue weighted by Gasteiger charge is 1.80. The highest BCUT2D eigenvalue weighted by atomic mass is 79.9. The number of hydrogen-bond donors (Lipinski definition) is 0. The van der Waals surface area contributed by atoms with Gasteiger partial charge >= 0.3 is 0 Å². The lowest BCUT2D eigenvalue weighted by molar-refractivity contribution is -0.00000209. The van der Waals surface area contributed by atoms with Crippen molar-refractivity contribution in [2.75, 3.05) is 19.0 Å². The van der Waals surface area contributed by atoms with E-state index in [1.807, 2.05) is 38.4 Å². The lowest BCUT2D eigenvalue weighted by atomic mass is 10.3. The molecule has 0 saturated heterocycles. The first-order valence-electron chi connectivity index (χ1n) is 2.94. The molecule has 0 bridgehead atoms. The van der Waals surface area contributed by atoms with Crippen LogP contribution in [-0.4, -0.2) is 37.1 Å². The van der Waals surface area contributed by atoms with Crippen LogP contribution in [-0.2, 0) is 0 Å². The minimum Gasteiger partial charge on any atom is -1.00 e. The highest BCUT2D eigenvalue weighted by Crippen LogP contribution is 2.06. The van der Waals surface area contributed by atoms with Gasteiger partial charge in [0.1, 0.15) is 0 Å². The summed E-state index contributed by atoms with van der Waals surface area (Å²) in [6.45, 7) is 0. The molecule has 1 rings (SSSR count). The fourth-order valence-electron chi connectivity index (χ4n) is 0.676. The topological polar surface area (TPSA) is 3.24 Å². The van der Waals surface area contributed by atoms with Crippen LogP contribution in [0.2, 0.25) is 0 Å². The number of anilines is 1. The normalized spacial score (nSPS) is 7.45. The van der Waals surface area contributed by atoms with E-state index in [0.717, 1.165) is 0 Å². The fourth-order valence-corrected chi connectivity index (χ4v) is 0.676. The van der Waals surface area contributed by atoms with Gasteiger partial charge in [-0.3, -0.25) is 0 Å². The van der Waals surface area contributed by atoms with Crippen LogP contribution in [0, 0.1) is 6.07 Å². The molecule has 0 atom stereocenters. The van der Waals surface area contributed by atoms with Crippen LogP contribution in [0.1, 0.15) is 0 Å². The smallest absolute Gasteiger partial charge is 0.00397 e. The summed E-state index contributed by atoms with van der Waals surface area (Å²) >= 11 is 0. The standard InChI is InChI=1S/C8H10N.BrH.Mg/c1-9(2)8-6-4-3-5-7-8;;/h4-7H,1-2H3;1H;/q-1;;/p-1. The Kier molecular flexibility index (Phi) is 8.73. The van der Waals surface area contributed by atoms with Crippen LogP contribution in [0.5, 0.6) is 0 Å². The summed E-state index contributed by atoms with van der Waals surface area (Å²) in [7, 11) is 4.05. The SMILES string of the molecule is CN(C)c1cc[c-]cc1.[Br-].[Mg]. The minimum atomic E-state index is 0. The molecule has 11 heavy (non-hydrogen) atoms. The Balaban J connectivity index is 0. The van der Waals surface area contributed by atoms with Crippen molar-refractivity contribution in [3.63, 3.8) is 0 Å². The maximum Gasteiger partial charge on any atom is 0.00397 e. The van der Waals surface area contributed by atoms with E-state index >= 15 is 0 Å². The molecule has 1 aromatic carbocycles. The summed E-state index contributed by atoms with van der Waals surface area (Å²) in [5, 5.41) is 0. The van der Waals surface area contributed by atoms with Gasteiger partial charge in [0.25, 0.3) is 0 Å². The molecule has 0 heterocycles. The third kappa shape index (κ3) is 4.66. The Labute approximate surface area is 94.7 Å². The van der Waals surface area contributed by atoms with Gasteiger partial charge in [-0.05, 0) is 0 Å². The first-order chi connectivity index (χ1) is 4.30. The first-order valence-corrected chi connectivity index (χ1v) is 2.94. The second-order valence-corrected chi connectivity index (χ2v) is 2.15. The van der Waals surface area contributed by atoms with Crippen molar-refractivity contribution in [1.82, 2.24) is 0 Å². The average molecular weight is 224 g/mol. The molecular formula is C8H10BrMgN-2. The molecule has 58 valence electrons. The van der Waals surface area contributed by atoms with Crippen LogP contribution < -0.4 is 21.9 Å². The molecule has 0 fully saturated rings. The monoisotopic (exact) mass is 223 g/mol. The van der Waals surface area contributed by atoms with Gasteiger partial charge < -0.3 is 21.9 Å². The zero-order chi connectivity index (χ0) is 6.69. The molecule has 0 aliphatic rings. The van der Waals surface area contributed by atoms with E-state index in [-0.39, 0.29) is 40.0 Å². The van der Waals surface area contributed by atoms with Crippen molar-refractivity contribution in [2.24, 2.45) is 0 Å². The number of hydrogen-bond acceptors (Lipinski definition) is 1. The molecule has 3 heteroatoms. The molecule has 0 spiro atoms. The van der Waals surface area contributed by atoms with Crippen LogP contribution in [0.4, 0.5) is 5.69 Å². The first kappa shape index (κ1) is 13.8. The van der Waals surface area contributed by atoms with E-state index in [2.05, 4.69) is 11.0 Å². The van der Waals surface area contributed by atoms with E-state index < -0.39 is 0 Å². The average Bonchev–Trinajstić information content (AvgIpc) is 1.90. The van der Waals surface area contributed by atoms with E-state index in [1.54, 1.807) is 0 Å². The molecule has 0 aromatic heterocycles. The van der Waals surface area contributed by atoms with Gasteiger partial charge in [-0.2, -0.15) is 18.2 Å². The van der Waals surface area contributed by atoms with Gasteiger partial charge in [-0.1, -0.05) is 5.69 Å². The second kappa shape index (κ2) is 6.94. The number of benzene rings is 1. The van der Waals surface area contributed by atoms with Gasteiger partial charge in [-0.15, -0.1) is 12.1 Å². The Bertz CT molecular complexity index is 177. The van der Waals surface area contributed by atoms with E-state index in [1.165, 1.54) is 5.69 Å². The maximum absolute atomic E-state index is 2.96. The van der Waals surface area contributed by atoms with Crippen molar-refractivity contribution >= 4 is 28.7 Å². The third-order valence-corrected chi connectivity index (χ3v) is 1.22. The van der Waals surface area contributed by atoms with Gasteiger partial charge in [0.2, 0.25) is 0 Å². The Morgan fingerprint density at radius 2 is 1.64 bits per heavy atom. The van der Waals surface area contributed by atoms with Crippen molar-refractivity contribution in [3.8, 4) is 0 Å². The molecule has 1 nitrogen and oxygen atoms in total. The summed E-state index contributed by atoms with van der Waals surface area (Å²) in [6, 6.07) is 10.8. The number of nitrogens with zero attached hydrogens (tertiary/aromatic N) is 1. The zero-order valence-corrected chi connectivity index (χ0v) is 9.84. The van der Waals surface area contributed by atoms with E-state index in [9.17, 15) is 0 Å². The molecule has 0 amide bonds. The van der Waals surface area contributed by atoms with Crippen LogP contribution >= 0.6 is 0 Å². The summed E-state index contributed by atoms with van der Waals surface area (Å²) in [4.78, 5) is 2.06. The largest absolute Gasteiger partial charge is 1.00 e. The summed E-state index contributed by atoms with van der Waals surface area (Å²) < 4.78 is 0. The highest BCUT2D eigenvalue weighted by molar-refractivity contribution is 5.75. The Hall–Kier alpha value is 0.266. The van der Waals surface area contributed by atoms with Crippen LogP contribution in [0.15, 0.2) is 24.3 Å². The molecule has 0 unspecified atom stereocenters. The summed E-state index contributed by atoms with van der Waals surface area (Å²) in [5.41, 5.74) is 1.22. The molecule has 1 aromatic rings. The van der Waals surface area contributed by atoms with Crippen molar-refractivity contribution < 1.29 is 17.0 Å². The number of halogens is 1. The Morgan fingerprint density at radius 1 is 1.18 bits per heavy atom. The number of rotatable bonds is 1. The summed E-state index contributed by atoms with van der Waals surface area (Å²) in [6.07, 6.45) is 0. The van der Waals surface area contributed by atoms with E-state index in [0.29, 0.717) is 0 Å². The molecule has 0 saturated carbocycles. The molecule has 0 N–H and O–H groups in total. The molecule has 0 aliphatic carbocycles. The van der Waals surface area contributed by atoms with E-state index in [4.69, 9.17) is 0 Å². The lowest BCUT2D eigenvalue weighted by Gasteiger charge is -2.16. The Morgan fingerprint density at radius 3 is 1.91 bits per heavy atom.